The molecule has 0 amide bonds. The largest absolute Gasteiger partial charge is 0.496 e. The van der Waals surface area contributed by atoms with Gasteiger partial charge < -0.3 is 15.2 Å². The Bertz CT molecular complexity index is 552. The first kappa shape index (κ1) is 15.1. The first-order valence-electron chi connectivity index (χ1n) is 6.82. The fraction of sp³-hybridized carbons (Fsp3) is 0.500. The Morgan fingerprint density at radius 3 is 2.52 bits per heavy atom. The van der Waals surface area contributed by atoms with Gasteiger partial charge in [-0.25, -0.2) is 4.79 Å². The predicted octanol–water partition coefficient (Wildman–Crippen LogP) is 2.80. The third-order valence-electron chi connectivity index (χ3n) is 3.84. The number of aliphatic carboxylic acids is 1. The minimum absolute atomic E-state index is 0.131. The standard InChI is InChI=1S/C14H18N2O5/c1-21-12-8-10(7-11(9-12)16(19)20)15-14(13(17)18)5-3-2-4-6-14/h7-9,15H,2-6H2,1H3,(H,17,18). The normalized spacial score (nSPS) is 17.0. The lowest BCUT2D eigenvalue weighted by Crippen LogP contribution is -2.47. The SMILES string of the molecule is COc1cc(NC2(C(=O)O)CCCCC2)cc([N+](=O)[O-])c1. The maximum Gasteiger partial charge on any atom is 0.329 e. The molecule has 1 aromatic rings. The van der Waals surface area contributed by atoms with Gasteiger partial charge in [0.1, 0.15) is 11.3 Å². The molecule has 0 radical (unpaired) electrons. The zero-order chi connectivity index (χ0) is 15.5. The van der Waals surface area contributed by atoms with Crippen molar-refractivity contribution in [1.29, 1.82) is 0 Å². The minimum Gasteiger partial charge on any atom is -0.496 e. The highest BCUT2D eigenvalue weighted by molar-refractivity contribution is 5.83. The maximum absolute atomic E-state index is 11.6. The molecule has 0 bridgehead atoms. The fourth-order valence-electron chi connectivity index (χ4n) is 2.70. The number of nitrogens with one attached hydrogen (secondary N) is 1. The number of benzene rings is 1. The molecular formula is C14H18N2O5. The second-order valence-corrected chi connectivity index (χ2v) is 5.25. The summed E-state index contributed by atoms with van der Waals surface area (Å²) in [6.07, 6.45) is 3.67. The molecule has 2 rings (SSSR count). The van der Waals surface area contributed by atoms with Gasteiger partial charge in [-0.15, -0.1) is 0 Å². The topological polar surface area (TPSA) is 102 Å². The van der Waals surface area contributed by atoms with Crippen LogP contribution in [0.2, 0.25) is 0 Å². The molecule has 0 unspecified atom stereocenters. The Labute approximate surface area is 122 Å². The third-order valence-corrected chi connectivity index (χ3v) is 3.84. The van der Waals surface area contributed by atoms with Crippen LogP contribution in [0.4, 0.5) is 11.4 Å². The highest BCUT2D eigenvalue weighted by Gasteiger charge is 2.39. The van der Waals surface area contributed by atoms with Crippen molar-refractivity contribution in [3.63, 3.8) is 0 Å². The van der Waals surface area contributed by atoms with Crippen molar-refractivity contribution in [2.45, 2.75) is 37.6 Å². The highest BCUT2D eigenvalue weighted by atomic mass is 16.6. The van der Waals surface area contributed by atoms with Crippen molar-refractivity contribution in [3.8, 4) is 5.75 Å². The number of nitrogens with zero attached hydrogens (tertiary/aromatic N) is 1. The van der Waals surface area contributed by atoms with E-state index >= 15 is 0 Å². The predicted molar refractivity (Wildman–Crippen MR) is 76.7 cm³/mol. The van der Waals surface area contributed by atoms with Crippen molar-refractivity contribution >= 4 is 17.3 Å². The number of hydrogen-bond acceptors (Lipinski definition) is 5. The second kappa shape index (κ2) is 5.99. The molecule has 114 valence electrons. The van der Waals surface area contributed by atoms with E-state index in [2.05, 4.69) is 5.32 Å². The molecular weight excluding hydrogens is 276 g/mol. The summed E-state index contributed by atoms with van der Waals surface area (Å²) in [7, 11) is 1.41. The van der Waals surface area contributed by atoms with Gasteiger partial charge in [0.05, 0.1) is 18.1 Å². The lowest BCUT2D eigenvalue weighted by atomic mass is 9.81. The van der Waals surface area contributed by atoms with Crippen LogP contribution < -0.4 is 10.1 Å². The molecule has 1 fully saturated rings. The van der Waals surface area contributed by atoms with E-state index in [0.29, 0.717) is 24.3 Å². The molecule has 0 aliphatic heterocycles. The number of nitro groups is 1. The van der Waals surface area contributed by atoms with E-state index in [1.807, 2.05) is 0 Å². The Hall–Kier alpha value is -2.31. The summed E-state index contributed by atoms with van der Waals surface area (Å²) in [5, 5.41) is 23.4. The number of carbonyl (C=O) groups is 1. The molecule has 1 aromatic carbocycles. The molecule has 0 aromatic heterocycles. The number of nitro benzene ring substituents is 1. The van der Waals surface area contributed by atoms with Crippen LogP contribution in [0.5, 0.6) is 5.75 Å². The molecule has 7 nitrogen and oxygen atoms in total. The summed E-state index contributed by atoms with van der Waals surface area (Å²) in [5.41, 5.74) is -0.795. The third kappa shape index (κ3) is 3.24. The lowest BCUT2D eigenvalue weighted by Gasteiger charge is -2.34. The average Bonchev–Trinajstić information content (AvgIpc) is 2.47. The molecule has 0 heterocycles. The number of rotatable bonds is 5. The summed E-state index contributed by atoms with van der Waals surface area (Å²) in [6.45, 7) is 0. The molecule has 0 saturated heterocycles. The molecule has 7 heteroatoms. The van der Waals surface area contributed by atoms with E-state index in [1.165, 1.54) is 19.2 Å². The van der Waals surface area contributed by atoms with Crippen LogP contribution in [0.1, 0.15) is 32.1 Å². The van der Waals surface area contributed by atoms with Gasteiger partial charge in [-0.1, -0.05) is 19.3 Å². The number of hydrogen-bond donors (Lipinski definition) is 2. The molecule has 1 aliphatic rings. The summed E-state index contributed by atoms with van der Waals surface area (Å²) in [6, 6.07) is 4.22. The van der Waals surface area contributed by atoms with Gasteiger partial charge in [-0.3, -0.25) is 10.1 Å². The van der Waals surface area contributed by atoms with Crippen molar-refractivity contribution in [1.82, 2.24) is 0 Å². The van der Waals surface area contributed by atoms with Crippen molar-refractivity contribution in [2.24, 2.45) is 0 Å². The first-order chi connectivity index (χ1) is 9.97. The summed E-state index contributed by atoms with van der Waals surface area (Å²) in [5.74, 6) is -0.601. The summed E-state index contributed by atoms with van der Waals surface area (Å²) < 4.78 is 5.04. The van der Waals surface area contributed by atoms with Crippen LogP contribution in [0.25, 0.3) is 0 Å². The Morgan fingerprint density at radius 1 is 1.33 bits per heavy atom. The molecule has 0 spiro atoms. The molecule has 1 aliphatic carbocycles. The molecule has 1 saturated carbocycles. The van der Waals surface area contributed by atoms with Crippen molar-refractivity contribution in [2.75, 3.05) is 12.4 Å². The van der Waals surface area contributed by atoms with E-state index in [4.69, 9.17) is 4.74 Å². The number of carboxylic acid groups (broad SMARTS) is 1. The Balaban J connectivity index is 2.34. The van der Waals surface area contributed by atoms with Gasteiger partial charge in [0.15, 0.2) is 0 Å². The van der Waals surface area contributed by atoms with Gasteiger partial charge in [0.2, 0.25) is 0 Å². The number of ether oxygens (including phenoxy) is 1. The summed E-state index contributed by atoms with van der Waals surface area (Å²) >= 11 is 0. The number of non-ortho nitro benzene ring substituents is 1. The average molecular weight is 294 g/mol. The first-order valence-corrected chi connectivity index (χ1v) is 6.82. The number of anilines is 1. The maximum atomic E-state index is 11.6. The fourth-order valence-corrected chi connectivity index (χ4v) is 2.70. The van der Waals surface area contributed by atoms with Gasteiger partial charge in [-0.2, -0.15) is 0 Å². The zero-order valence-electron chi connectivity index (χ0n) is 11.8. The highest BCUT2D eigenvalue weighted by Crippen LogP contribution is 2.34. The Kier molecular flexibility index (Phi) is 4.30. The number of methoxy groups -OCH3 is 1. The molecule has 0 atom stereocenters. The zero-order valence-corrected chi connectivity index (χ0v) is 11.8. The van der Waals surface area contributed by atoms with E-state index in [9.17, 15) is 20.0 Å². The van der Waals surface area contributed by atoms with E-state index in [1.54, 1.807) is 6.07 Å². The quantitative estimate of drug-likeness (QED) is 0.639. The lowest BCUT2D eigenvalue weighted by molar-refractivity contribution is -0.384. The molecule has 2 N–H and O–H groups in total. The monoisotopic (exact) mass is 294 g/mol. The van der Waals surface area contributed by atoms with Gasteiger partial charge in [-0.05, 0) is 12.8 Å². The smallest absolute Gasteiger partial charge is 0.329 e. The summed E-state index contributed by atoms with van der Waals surface area (Å²) in [4.78, 5) is 22.0. The van der Waals surface area contributed by atoms with Crippen LogP contribution in [0.15, 0.2) is 18.2 Å². The van der Waals surface area contributed by atoms with Gasteiger partial charge >= 0.3 is 5.97 Å². The molecule has 21 heavy (non-hydrogen) atoms. The van der Waals surface area contributed by atoms with E-state index in [0.717, 1.165) is 19.3 Å². The van der Waals surface area contributed by atoms with Crippen LogP contribution in [-0.2, 0) is 4.79 Å². The van der Waals surface area contributed by atoms with Gasteiger partial charge in [0.25, 0.3) is 5.69 Å². The Morgan fingerprint density at radius 2 is 2.00 bits per heavy atom. The van der Waals surface area contributed by atoms with E-state index in [-0.39, 0.29) is 5.69 Å². The van der Waals surface area contributed by atoms with Crippen LogP contribution in [-0.4, -0.2) is 28.6 Å². The van der Waals surface area contributed by atoms with Gasteiger partial charge in [0, 0.05) is 17.8 Å². The second-order valence-electron chi connectivity index (χ2n) is 5.25. The van der Waals surface area contributed by atoms with Crippen molar-refractivity contribution in [3.05, 3.63) is 28.3 Å². The minimum atomic E-state index is -1.06. The van der Waals surface area contributed by atoms with E-state index < -0.39 is 16.4 Å². The van der Waals surface area contributed by atoms with Crippen LogP contribution in [0, 0.1) is 10.1 Å². The van der Waals surface area contributed by atoms with Crippen molar-refractivity contribution < 1.29 is 19.6 Å². The number of carboxylic acids is 1. The van der Waals surface area contributed by atoms with Crippen LogP contribution in [0.3, 0.4) is 0 Å². The van der Waals surface area contributed by atoms with Crippen LogP contribution >= 0.6 is 0 Å².